The second-order valence-corrected chi connectivity index (χ2v) is 6.68. The number of benzene rings is 2. The zero-order chi connectivity index (χ0) is 21.0. The molecule has 3 rings (SSSR count). The highest BCUT2D eigenvalue weighted by Gasteiger charge is 2.20. The van der Waals surface area contributed by atoms with Crippen molar-refractivity contribution < 1.29 is 9.72 Å². The lowest BCUT2D eigenvalue weighted by Crippen LogP contribution is -2.34. The van der Waals surface area contributed by atoms with Crippen molar-refractivity contribution in [2.45, 2.75) is 19.8 Å². The zero-order valence-corrected chi connectivity index (χ0v) is 16.0. The molecule has 1 aromatic heterocycles. The number of nitrogens with zero attached hydrogens (tertiary/aromatic N) is 3. The van der Waals surface area contributed by atoms with Crippen LogP contribution < -0.4 is 10.7 Å². The first-order valence-electron chi connectivity index (χ1n) is 9.06. The van der Waals surface area contributed by atoms with Gasteiger partial charge in [0.15, 0.2) is 5.69 Å². The number of hydrogen-bond donors (Lipinski definition) is 1. The van der Waals surface area contributed by atoms with Gasteiger partial charge in [-0.25, -0.2) is 4.68 Å². The van der Waals surface area contributed by atoms with E-state index in [1.807, 2.05) is 37.3 Å². The molecule has 1 amide bonds. The van der Waals surface area contributed by atoms with Crippen LogP contribution in [0.3, 0.4) is 0 Å². The summed E-state index contributed by atoms with van der Waals surface area (Å²) in [4.78, 5) is 35.7. The molecule has 8 nitrogen and oxygen atoms in total. The van der Waals surface area contributed by atoms with E-state index in [0.29, 0.717) is 12.2 Å². The molecule has 0 unspecified atom stereocenters. The van der Waals surface area contributed by atoms with Crippen molar-refractivity contribution in [3.05, 3.63) is 98.0 Å². The van der Waals surface area contributed by atoms with Gasteiger partial charge in [0.05, 0.1) is 4.92 Å². The van der Waals surface area contributed by atoms with E-state index >= 15 is 0 Å². The Morgan fingerprint density at radius 3 is 2.52 bits per heavy atom. The third-order valence-corrected chi connectivity index (χ3v) is 4.57. The van der Waals surface area contributed by atoms with Crippen LogP contribution in [0.2, 0.25) is 0 Å². The molecule has 0 fully saturated rings. The summed E-state index contributed by atoms with van der Waals surface area (Å²) >= 11 is 0. The molecule has 0 aliphatic heterocycles. The van der Waals surface area contributed by atoms with Crippen molar-refractivity contribution in [1.29, 1.82) is 0 Å². The standard InChI is InChI=1S/C21H20N4O4/c1-14(16-8-4-3-5-9-16)13-22-21(27)20-19(26)12-15(2)24(23-20)17-10-6-7-11-18(17)25(28)29/h3-12,14H,13H2,1-2H3,(H,22,27)/t14-/m1/s1. The minimum Gasteiger partial charge on any atom is -0.350 e. The van der Waals surface area contributed by atoms with Crippen molar-refractivity contribution in [2.75, 3.05) is 6.54 Å². The average Bonchev–Trinajstić information content (AvgIpc) is 2.72. The molecule has 1 N–H and O–H groups in total. The molecule has 0 saturated heterocycles. The second-order valence-electron chi connectivity index (χ2n) is 6.68. The van der Waals surface area contributed by atoms with Gasteiger partial charge in [-0.3, -0.25) is 19.7 Å². The summed E-state index contributed by atoms with van der Waals surface area (Å²) in [5.74, 6) is -0.576. The molecular weight excluding hydrogens is 372 g/mol. The number of aryl methyl sites for hydroxylation is 1. The van der Waals surface area contributed by atoms with Gasteiger partial charge >= 0.3 is 0 Å². The first-order chi connectivity index (χ1) is 13.9. The van der Waals surface area contributed by atoms with Crippen molar-refractivity contribution in [2.24, 2.45) is 0 Å². The lowest BCUT2D eigenvalue weighted by Gasteiger charge is -2.14. The predicted octanol–water partition coefficient (Wildman–Crippen LogP) is 2.98. The van der Waals surface area contributed by atoms with Crippen molar-refractivity contribution in [3.63, 3.8) is 0 Å². The predicted molar refractivity (Wildman–Crippen MR) is 108 cm³/mol. The van der Waals surface area contributed by atoms with Crippen LogP contribution in [0.4, 0.5) is 5.69 Å². The number of nitro benzene ring substituents is 1. The smallest absolute Gasteiger partial charge is 0.294 e. The molecule has 3 aromatic rings. The van der Waals surface area contributed by atoms with Gasteiger partial charge in [0.25, 0.3) is 11.6 Å². The van der Waals surface area contributed by atoms with E-state index in [0.717, 1.165) is 5.56 Å². The van der Waals surface area contributed by atoms with Crippen molar-refractivity contribution in [3.8, 4) is 5.69 Å². The van der Waals surface area contributed by atoms with Gasteiger partial charge in [0.2, 0.25) is 5.43 Å². The Hall–Kier alpha value is -3.81. The summed E-state index contributed by atoms with van der Waals surface area (Å²) in [5.41, 5.74) is 0.606. The van der Waals surface area contributed by atoms with Crippen LogP contribution in [0.5, 0.6) is 0 Å². The fraction of sp³-hybridized carbons (Fsp3) is 0.190. The van der Waals surface area contributed by atoms with Crippen LogP contribution in [-0.4, -0.2) is 27.2 Å². The molecule has 0 spiro atoms. The molecule has 0 radical (unpaired) electrons. The fourth-order valence-electron chi connectivity index (χ4n) is 2.98. The number of carbonyl (C=O) groups excluding carboxylic acids is 1. The molecule has 29 heavy (non-hydrogen) atoms. The van der Waals surface area contributed by atoms with Crippen LogP contribution in [0.1, 0.15) is 34.6 Å². The molecule has 1 heterocycles. The maximum atomic E-state index is 12.6. The van der Waals surface area contributed by atoms with Crippen LogP contribution in [0, 0.1) is 17.0 Å². The van der Waals surface area contributed by atoms with Crippen LogP contribution in [-0.2, 0) is 0 Å². The monoisotopic (exact) mass is 392 g/mol. The molecule has 0 saturated carbocycles. The van der Waals surface area contributed by atoms with E-state index in [1.54, 1.807) is 13.0 Å². The van der Waals surface area contributed by atoms with E-state index in [1.165, 1.54) is 28.9 Å². The normalized spacial score (nSPS) is 11.7. The maximum Gasteiger partial charge on any atom is 0.294 e. The minimum atomic E-state index is -0.620. The van der Waals surface area contributed by atoms with E-state index in [2.05, 4.69) is 10.4 Å². The number of nitro groups is 1. The Morgan fingerprint density at radius 2 is 1.83 bits per heavy atom. The third kappa shape index (κ3) is 4.37. The van der Waals surface area contributed by atoms with E-state index in [4.69, 9.17) is 0 Å². The van der Waals surface area contributed by atoms with Crippen LogP contribution in [0.15, 0.2) is 65.5 Å². The average molecular weight is 392 g/mol. The Labute approximate surface area is 167 Å². The van der Waals surface area contributed by atoms with Gasteiger partial charge in [-0.15, -0.1) is 0 Å². The number of rotatable bonds is 6. The molecule has 148 valence electrons. The Bertz CT molecular complexity index is 1110. The molecule has 2 aromatic carbocycles. The molecule has 0 aliphatic rings. The molecule has 1 atom stereocenters. The summed E-state index contributed by atoms with van der Waals surface area (Å²) in [7, 11) is 0. The Morgan fingerprint density at radius 1 is 1.17 bits per heavy atom. The summed E-state index contributed by atoms with van der Waals surface area (Å²) in [6, 6.07) is 16.9. The van der Waals surface area contributed by atoms with E-state index < -0.39 is 16.3 Å². The third-order valence-electron chi connectivity index (χ3n) is 4.57. The number of para-hydroxylation sites is 2. The van der Waals surface area contributed by atoms with Gasteiger partial charge in [-0.1, -0.05) is 49.4 Å². The van der Waals surface area contributed by atoms with Gasteiger partial charge in [-0.05, 0) is 24.5 Å². The van der Waals surface area contributed by atoms with Gasteiger partial charge in [0.1, 0.15) is 5.69 Å². The topological polar surface area (TPSA) is 107 Å². The van der Waals surface area contributed by atoms with E-state index in [9.17, 15) is 19.7 Å². The number of nitrogens with one attached hydrogen (secondary N) is 1. The SMILES string of the molecule is Cc1cc(=O)c(C(=O)NC[C@@H](C)c2ccccc2)nn1-c1ccccc1[N+](=O)[O-]. The summed E-state index contributed by atoms with van der Waals surface area (Å²) in [6.07, 6.45) is 0. The number of carbonyl (C=O) groups is 1. The first-order valence-corrected chi connectivity index (χ1v) is 9.06. The van der Waals surface area contributed by atoms with Crippen molar-refractivity contribution in [1.82, 2.24) is 15.1 Å². The molecular formula is C21H20N4O4. The summed E-state index contributed by atoms with van der Waals surface area (Å²) in [5, 5.41) is 18.2. The lowest BCUT2D eigenvalue weighted by molar-refractivity contribution is -0.384. The first kappa shape index (κ1) is 19.9. The second kappa shape index (κ2) is 8.47. The van der Waals surface area contributed by atoms with Crippen molar-refractivity contribution >= 4 is 11.6 Å². The fourth-order valence-corrected chi connectivity index (χ4v) is 2.98. The molecule has 0 bridgehead atoms. The van der Waals surface area contributed by atoms with Crippen LogP contribution >= 0.6 is 0 Å². The van der Waals surface area contributed by atoms with E-state index in [-0.39, 0.29) is 23.0 Å². The highest BCUT2D eigenvalue weighted by atomic mass is 16.6. The number of hydrogen-bond acceptors (Lipinski definition) is 5. The quantitative estimate of drug-likeness (QED) is 0.513. The molecule has 8 heteroatoms. The summed E-state index contributed by atoms with van der Waals surface area (Å²) in [6.45, 7) is 3.89. The zero-order valence-electron chi connectivity index (χ0n) is 16.0. The highest BCUT2D eigenvalue weighted by Crippen LogP contribution is 2.22. The Kier molecular flexibility index (Phi) is 5.82. The number of aromatic nitrogens is 2. The Balaban J connectivity index is 1.89. The van der Waals surface area contributed by atoms with Gasteiger partial charge in [0, 0.05) is 24.4 Å². The van der Waals surface area contributed by atoms with Crippen LogP contribution in [0.25, 0.3) is 5.69 Å². The summed E-state index contributed by atoms with van der Waals surface area (Å²) < 4.78 is 1.25. The van der Waals surface area contributed by atoms with Gasteiger partial charge < -0.3 is 5.32 Å². The molecule has 0 aliphatic carbocycles. The highest BCUT2D eigenvalue weighted by molar-refractivity contribution is 5.92. The lowest BCUT2D eigenvalue weighted by atomic mass is 10.0. The minimum absolute atomic E-state index is 0.0445. The maximum absolute atomic E-state index is 12.6. The van der Waals surface area contributed by atoms with Gasteiger partial charge in [-0.2, -0.15) is 5.10 Å². The largest absolute Gasteiger partial charge is 0.350 e. The number of amides is 1.